The number of nitrogens with zero attached hydrogens (tertiary/aromatic N) is 2. The lowest BCUT2D eigenvalue weighted by molar-refractivity contribution is 0.457. The van der Waals surface area contributed by atoms with Crippen molar-refractivity contribution in [2.75, 3.05) is 41.3 Å². The summed E-state index contributed by atoms with van der Waals surface area (Å²) in [6.45, 7) is 9.06. The Bertz CT molecular complexity index is 232. The van der Waals surface area contributed by atoms with E-state index in [-0.39, 0.29) is 0 Å². The monoisotopic (exact) mass is 300 g/mol. The van der Waals surface area contributed by atoms with E-state index in [1.54, 1.807) is 0 Å². The zero-order chi connectivity index (χ0) is 15.1. The summed E-state index contributed by atoms with van der Waals surface area (Å²) < 4.78 is 33.6. The molecule has 2 atom stereocenters. The van der Waals surface area contributed by atoms with Crippen LogP contribution in [-0.2, 0) is 20.2 Å². The number of rotatable bonds is 5. The molecule has 0 aromatic rings. The van der Waals surface area contributed by atoms with Crippen LogP contribution < -0.4 is 0 Å². The summed E-state index contributed by atoms with van der Waals surface area (Å²) in [5.41, 5.74) is 0. The molecule has 6 nitrogen and oxygen atoms in total. The van der Waals surface area contributed by atoms with Crippen molar-refractivity contribution in [3.8, 4) is 0 Å². The Morgan fingerprint density at radius 2 is 1.11 bits per heavy atom. The maximum absolute atomic E-state index is 9.26. The van der Waals surface area contributed by atoms with Gasteiger partial charge in [-0.1, -0.05) is 12.2 Å². The highest BCUT2D eigenvalue weighted by atomic mass is 33.2. The van der Waals surface area contributed by atoms with E-state index in [1.165, 1.54) is 0 Å². The van der Waals surface area contributed by atoms with Gasteiger partial charge in [0.2, 0.25) is 0 Å². The molecule has 0 radical (unpaired) electrons. The zero-order valence-electron chi connectivity index (χ0n) is 11.4. The Morgan fingerprint density at radius 3 is 1.11 bits per heavy atom. The van der Waals surface area contributed by atoms with Gasteiger partial charge in [0.1, 0.15) is 0 Å². The minimum Gasteiger partial charge on any atom is -0.306 e. The zero-order valence-corrected chi connectivity index (χ0v) is 13.0. The lowest BCUT2D eigenvalue weighted by Gasteiger charge is -2.01. The lowest BCUT2D eigenvalue weighted by atomic mass is 10.6. The van der Waals surface area contributed by atoms with Crippen molar-refractivity contribution in [1.29, 1.82) is 0 Å². The second kappa shape index (κ2) is 16.6. The predicted molar refractivity (Wildman–Crippen MR) is 79.0 cm³/mol. The second-order valence-electron chi connectivity index (χ2n) is 3.54. The van der Waals surface area contributed by atoms with Gasteiger partial charge < -0.3 is 9.80 Å². The van der Waals surface area contributed by atoms with Crippen molar-refractivity contribution in [2.45, 2.75) is 0 Å². The molecule has 0 amide bonds. The fourth-order valence-corrected chi connectivity index (χ4v) is 0.516. The highest BCUT2D eigenvalue weighted by Gasteiger charge is 1.95. The van der Waals surface area contributed by atoms with Gasteiger partial charge in [-0.2, -0.15) is 0 Å². The molecule has 0 aliphatic heterocycles. The Labute approximate surface area is 114 Å². The van der Waals surface area contributed by atoms with E-state index in [0.717, 1.165) is 13.1 Å². The summed E-state index contributed by atoms with van der Waals surface area (Å²) >= 11 is 0. The summed E-state index contributed by atoms with van der Waals surface area (Å²) in [4.78, 5) is 4.12. The van der Waals surface area contributed by atoms with Crippen LogP contribution in [0.2, 0.25) is 0 Å². The van der Waals surface area contributed by atoms with E-state index < -0.39 is 20.2 Å². The fraction of sp³-hybridized carbons (Fsp3) is 0.600. The Hall–Kier alpha value is -0.380. The molecule has 0 fully saturated rings. The van der Waals surface area contributed by atoms with Gasteiger partial charge in [-0.25, -0.2) is 8.42 Å². The first-order valence-corrected chi connectivity index (χ1v) is 7.65. The van der Waals surface area contributed by atoms with Crippen LogP contribution in [-0.4, -0.2) is 68.6 Å². The first-order valence-electron chi connectivity index (χ1n) is 4.92. The Balaban J connectivity index is -0.000000187. The van der Waals surface area contributed by atoms with Gasteiger partial charge in [0.25, 0.3) is 20.2 Å². The van der Waals surface area contributed by atoms with Gasteiger partial charge in [0.05, 0.1) is 0 Å². The maximum atomic E-state index is 9.26. The molecule has 0 bridgehead atoms. The van der Waals surface area contributed by atoms with Crippen LogP contribution in [0.1, 0.15) is 0 Å². The van der Waals surface area contributed by atoms with E-state index in [9.17, 15) is 8.42 Å². The molecule has 0 heterocycles. The minimum atomic E-state index is -2.59. The number of likely N-dealkylation sites (N-methyl/N-ethyl adjacent to an activating group) is 2. The molecule has 0 saturated carbocycles. The highest BCUT2D eigenvalue weighted by Crippen LogP contribution is 1.74. The largest absolute Gasteiger partial charge is 0.306 e. The van der Waals surface area contributed by atoms with Crippen LogP contribution in [0.5, 0.6) is 0 Å². The molecule has 2 unspecified atom stereocenters. The van der Waals surface area contributed by atoms with Crippen LogP contribution in [0.4, 0.5) is 0 Å². The van der Waals surface area contributed by atoms with Gasteiger partial charge in [-0.15, -0.1) is 13.2 Å². The molecular weight excluding hydrogens is 276 g/mol. The van der Waals surface area contributed by atoms with E-state index in [0.29, 0.717) is 0 Å². The Morgan fingerprint density at radius 1 is 0.889 bits per heavy atom. The maximum Gasteiger partial charge on any atom is 0.274 e. The highest BCUT2D eigenvalue weighted by molar-refractivity contribution is 8.56. The molecule has 18 heavy (non-hydrogen) atoms. The van der Waals surface area contributed by atoms with Crippen LogP contribution in [0.15, 0.2) is 25.3 Å². The fourth-order valence-electron chi connectivity index (χ4n) is 0.516. The first kappa shape index (κ1) is 22.8. The normalized spacial score (nSPS) is 12.7. The number of hydrogen-bond acceptors (Lipinski definition) is 4. The van der Waals surface area contributed by atoms with Crippen molar-refractivity contribution in [2.24, 2.45) is 0 Å². The smallest absolute Gasteiger partial charge is 0.274 e. The lowest BCUT2D eigenvalue weighted by Crippen LogP contribution is -2.09. The summed E-state index contributed by atoms with van der Waals surface area (Å²) in [6.07, 6.45) is 3.75. The summed E-state index contributed by atoms with van der Waals surface area (Å²) in [5, 5.41) is 0. The van der Waals surface area contributed by atoms with Gasteiger partial charge >= 0.3 is 0 Å². The quantitative estimate of drug-likeness (QED) is 0.444. The third-order valence-corrected chi connectivity index (χ3v) is 2.09. The standard InChI is InChI=1S/2C5H11N.H2O4S2/c2*1-4-5-6(2)3;1-5(2)6(3)4/h2*4H,1,5H2,2-3H3;(H,1,2)(H,3,4). The van der Waals surface area contributed by atoms with Gasteiger partial charge in [-0.05, 0) is 28.2 Å². The molecule has 0 aliphatic carbocycles. The van der Waals surface area contributed by atoms with E-state index in [1.807, 2.05) is 40.3 Å². The van der Waals surface area contributed by atoms with Crippen LogP contribution >= 0.6 is 0 Å². The van der Waals surface area contributed by atoms with Crippen LogP contribution in [0.3, 0.4) is 0 Å². The molecule has 0 aromatic carbocycles. The SMILES string of the molecule is C=CCN(C)C.C=CCN(C)C.O=S(O)S(=O)O. The summed E-state index contributed by atoms with van der Waals surface area (Å²) in [7, 11) is 2.88. The molecule has 0 spiro atoms. The molecule has 0 rings (SSSR count). The van der Waals surface area contributed by atoms with Crippen molar-refractivity contribution in [1.82, 2.24) is 9.80 Å². The molecule has 8 heteroatoms. The first-order chi connectivity index (χ1) is 8.18. The van der Waals surface area contributed by atoms with Crippen molar-refractivity contribution < 1.29 is 17.5 Å². The Kier molecular flexibility index (Phi) is 21.0. The van der Waals surface area contributed by atoms with Crippen molar-refractivity contribution >= 4 is 20.2 Å². The minimum absolute atomic E-state index is 0.972. The van der Waals surface area contributed by atoms with Crippen LogP contribution in [0.25, 0.3) is 0 Å². The van der Waals surface area contributed by atoms with Gasteiger partial charge in [-0.3, -0.25) is 9.11 Å². The molecule has 0 aliphatic rings. The molecule has 110 valence electrons. The second-order valence-corrected chi connectivity index (χ2v) is 6.12. The van der Waals surface area contributed by atoms with Crippen molar-refractivity contribution in [3.05, 3.63) is 25.3 Å². The third kappa shape index (κ3) is 36.1. The predicted octanol–water partition coefficient (Wildman–Crippen LogP) is 0.813. The summed E-state index contributed by atoms with van der Waals surface area (Å²) in [5.74, 6) is 0. The molecular formula is C10H24N2O4S2. The van der Waals surface area contributed by atoms with E-state index in [2.05, 4.69) is 23.0 Å². The van der Waals surface area contributed by atoms with Gasteiger partial charge in [0, 0.05) is 13.1 Å². The van der Waals surface area contributed by atoms with Crippen molar-refractivity contribution in [3.63, 3.8) is 0 Å². The number of hydrogen-bond donors (Lipinski definition) is 2. The summed E-state index contributed by atoms with van der Waals surface area (Å²) in [6, 6.07) is 0. The van der Waals surface area contributed by atoms with E-state index >= 15 is 0 Å². The topological polar surface area (TPSA) is 81.1 Å². The van der Waals surface area contributed by atoms with Crippen LogP contribution in [0, 0.1) is 0 Å². The molecule has 2 N–H and O–H groups in total. The molecule has 0 saturated heterocycles. The molecule has 0 aromatic heterocycles. The van der Waals surface area contributed by atoms with E-state index in [4.69, 9.17) is 9.11 Å². The average Bonchev–Trinajstić information content (AvgIpc) is 2.18. The average molecular weight is 300 g/mol. The third-order valence-electron chi connectivity index (χ3n) is 1.11. The van der Waals surface area contributed by atoms with Gasteiger partial charge in [0.15, 0.2) is 0 Å².